The first-order valence-electron chi connectivity index (χ1n) is 7.81. The lowest BCUT2D eigenvalue weighted by molar-refractivity contribution is -0.274. The van der Waals surface area contributed by atoms with Gasteiger partial charge in [-0.25, -0.2) is 8.78 Å². The van der Waals surface area contributed by atoms with Crippen molar-refractivity contribution >= 4 is 5.83 Å². The van der Waals surface area contributed by atoms with Gasteiger partial charge in [0, 0.05) is 23.1 Å². The van der Waals surface area contributed by atoms with Crippen LogP contribution in [0.15, 0.2) is 54.4 Å². The summed E-state index contributed by atoms with van der Waals surface area (Å²) in [6, 6.07) is 11.1. The largest absolute Gasteiger partial charge is 0.573 e. The summed E-state index contributed by atoms with van der Waals surface area (Å²) in [7, 11) is 0. The van der Waals surface area contributed by atoms with Crippen molar-refractivity contribution < 1.29 is 26.7 Å². The Morgan fingerprint density at radius 1 is 0.885 bits per heavy atom. The summed E-state index contributed by atoms with van der Waals surface area (Å²) >= 11 is 0. The van der Waals surface area contributed by atoms with Gasteiger partial charge in [-0.05, 0) is 42.8 Å². The topological polar surface area (TPSA) is 9.23 Å². The molecule has 0 spiro atoms. The van der Waals surface area contributed by atoms with E-state index in [9.17, 15) is 22.0 Å². The van der Waals surface area contributed by atoms with Crippen LogP contribution in [0.2, 0.25) is 0 Å². The Kier molecular flexibility index (Phi) is 6.40. The van der Waals surface area contributed by atoms with E-state index < -0.39 is 18.0 Å². The molecular weight excluding hydrogens is 351 g/mol. The quantitative estimate of drug-likeness (QED) is 0.450. The third kappa shape index (κ3) is 5.92. The smallest absolute Gasteiger partial charge is 0.406 e. The standard InChI is InChI=1S/C20H15F5O/c1-2-3-18(21)19(22)16-10-6-14(7-11-16)4-5-15-8-12-17(13-9-15)26-20(23,24)25/h6-13H,2-3H2,1H3/b19-18+. The number of hydrogen-bond donors (Lipinski definition) is 0. The van der Waals surface area contributed by atoms with Crippen LogP contribution in [0, 0.1) is 11.8 Å². The minimum Gasteiger partial charge on any atom is -0.406 e. The molecule has 0 fully saturated rings. The van der Waals surface area contributed by atoms with Crippen LogP contribution in [-0.4, -0.2) is 6.36 Å². The number of rotatable bonds is 4. The van der Waals surface area contributed by atoms with E-state index in [2.05, 4.69) is 16.6 Å². The molecule has 0 N–H and O–H groups in total. The number of hydrogen-bond acceptors (Lipinski definition) is 1. The molecule has 0 amide bonds. The van der Waals surface area contributed by atoms with Crippen LogP contribution >= 0.6 is 0 Å². The third-order valence-corrected chi connectivity index (χ3v) is 3.29. The van der Waals surface area contributed by atoms with Gasteiger partial charge in [-0.2, -0.15) is 0 Å². The molecule has 0 heterocycles. The van der Waals surface area contributed by atoms with E-state index in [4.69, 9.17) is 0 Å². The maximum atomic E-state index is 13.8. The molecule has 0 radical (unpaired) electrons. The van der Waals surface area contributed by atoms with E-state index in [0.717, 1.165) is 12.1 Å². The Hall–Kier alpha value is -2.81. The molecule has 0 saturated carbocycles. The van der Waals surface area contributed by atoms with Gasteiger partial charge in [-0.15, -0.1) is 13.2 Å². The second kappa shape index (κ2) is 8.52. The van der Waals surface area contributed by atoms with E-state index in [0.29, 0.717) is 17.5 Å². The van der Waals surface area contributed by atoms with Crippen LogP contribution in [0.4, 0.5) is 22.0 Å². The highest BCUT2D eigenvalue weighted by Crippen LogP contribution is 2.25. The fourth-order valence-electron chi connectivity index (χ4n) is 2.07. The van der Waals surface area contributed by atoms with Crippen LogP contribution in [0.5, 0.6) is 5.75 Å². The third-order valence-electron chi connectivity index (χ3n) is 3.29. The number of allylic oxidation sites excluding steroid dienone is 1. The van der Waals surface area contributed by atoms with Crippen molar-refractivity contribution in [2.45, 2.75) is 26.1 Å². The molecule has 1 nitrogen and oxygen atoms in total. The van der Waals surface area contributed by atoms with Crippen molar-refractivity contribution in [3.63, 3.8) is 0 Å². The van der Waals surface area contributed by atoms with Crippen LogP contribution in [-0.2, 0) is 0 Å². The lowest BCUT2D eigenvalue weighted by Crippen LogP contribution is -2.16. The van der Waals surface area contributed by atoms with Crippen molar-refractivity contribution in [2.24, 2.45) is 0 Å². The van der Waals surface area contributed by atoms with E-state index in [-0.39, 0.29) is 17.7 Å². The fraction of sp³-hybridized carbons (Fsp3) is 0.200. The normalized spacial score (nSPS) is 12.1. The highest BCUT2D eigenvalue weighted by Gasteiger charge is 2.30. The van der Waals surface area contributed by atoms with Gasteiger partial charge in [0.2, 0.25) is 0 Å². The van der Waals surface area contributed by atoms with Crippen molar-refractivity contribution in [3.8, 4) is 17.6 Å². The predicted octanol–water partition coefficient (Wildman–Crippen LogP) is 6.39. The van der Waals surface area contributed by atoms with Crippen LogP contribution in [0.25, 0.3) is 5.83 Å². The van der Waals surface area contributed by atoms with Crippen molar-refractivity contribution in [2.75, 3.05) is 0 Å². The zero-order valence-corrected chi connectivity index (χ0v) is 13.8. The average Bonchev–Trinajstić information content (AvgIpc) is 2.60. The molecule has 0 aromatic heterocycles. The summed E-state index contributed by atoms with van der Waals surface area (Å²) in [5.41, 5.74) is 1.19. The fourth-order valence-corrected chi connectivity index (χ4v) is 2.07. The molecule has 0 aliphatic heterocycles. The zero-order chi connectivity index (χ0) is 19.2. The second-order valence-electron chi connectivity index (χ2n) is 5.37. The van der Waals surface area contributed by atoms with Gasteiger partial charge < -0.3 is 4.74 Å². The number of benzene rings is 2. The first-order chi connectivity index (χ1) is 12.3. The van der Waals surface area contributed by atoms with Crippen LogP contribution in [0.3, 0.4) is 0 Å². The highest BCUT2D eigenvalue weighted by atomic mass is 19.4. The van der Waals surface area contributed by atoms with Gasteiger partial charge >= 0.3 is 6.36 Å². The van der Waals surface area contributed by atoms with E-state index in [1.807, 2.05) is 0 Å². The first kappa shape index (κ1) is 19.5. The van der Waals surface area contributed by atoms with Gasteiger partial charge in [-0.3, -0.25) is 0 Å². The lowest BCUT2D eigenvalue weighted by Gasteiger charge is -2.07. The molecule has 2 rings (SSSR count). The predicted molar refractivity (Wildman–Crippen MR) is 89.6 cm³/mol. The molecule has 0 unspecified atom stereocenters. The molecule has 0 aliphatic rings. The molecule has 6 heteroatoms. The number of halogens is 5. The molecule has 26 heavy (non-hydrogen) atoms. The SMILES string of the molecule is CCC/C(F)=C(\F)c1ccc(C#Cc2ccc(OC(F)(F)F)cc2)cc1. The minimum absolute atomic E-state index is 0.0431. The number of ether oxygens (including phenoxy) is 1. The Labute approximate surface area is 148 Å². The monoisotopic (exact) mass is 366 g/mol. The molecular formula is C20H15F5O. The Bertz CT molecular complexity index is 822. The zero-order valence-electron chi connectivity index (χ0n) is 13.8. The summed E-state index contributed by atoms with van der Waals surface area (Å²) in [5, 5.41) is 0. The van der Waals surface area contributed by atoms with Crippen molar-refractivity contribution in [3.05, 3.63) is 71.0 Å². The summed E-state index contributed by atoms with van der Waals surface area (Å²) in [6.45, 7) is 1.76. The molecule has 0 bridgehead atoms. The van der Waals surface area contributed by atoms with Crippen LogP contribution < -0.4 is 4.74 Å². The minimum atomic E-state index is -4.74. The molecule has 2 aromatic rings. The first-order valence-corrected chi connectivity index (χ1v) is 7.81. The van der Waals surface area contributed by atoms with Crippen molar-refractivity contribution in [1.82, 2.24) is 0 Å². The molecule has 0 saturated heterocycles. The Morgan fingerprint density at radius 3 is 1.85 bits per heavy atom. The van der Waals surface area contributed by atoms with Gasteiger partial charge in [0.1, 0.15) is 11.6 Å². The van der Waals surface area contributed by atoms with E-state index in [1.54, 1.807) is 19.1 Å². The second-order valence-corrected chi connectivity index (χ2v) is 5.37. The van der Waals surface area contributed by atoms with Gasteiger partial charge in [0.05, 0.1) is 0 Å². The molecule has 2 aromatic carbocycles. The van der Waals surface area contributed by atoms with Gasteiger partial charge in [0.25, 0.3) is 0 Å². The average molecular weight is 366 g/mol. The molecule has 0 aliphatic carbocycles. The lowest BCUT2D eigenvalue weighted by atomic mass is 10.1. The summed E-state index contributed by atoms with van der Waals surface area (Å²) in [6.07, 6.45) is -4.19. The Morgan fingerprint density at radius 2 is 1.38 bits per heavy atom. The Balaban J connectivity index is 2.09. The van der Waals surface area contributed by atoms with Crippen molar-refractivity contribution in [1.29, 1.82) is 0 Å². The maximum absolute atomic E-state index is 13.8. The summed E-state index contributed by atoms with van der Waals surface area (Å²) in [5.74, 6) is 3.58. The molecule has 0 atom stereocenters. The van der Waals surface area contributed by atoms with Crippen LogP contribution in [0.1, 0.15) is 36.5 Å². The van der Waals surface area contributed by atoms with Gasteiger partial charge in [0.15, 0.2) is 5.83 Å². The maximum Gasteiger partial charge on any atom is 0.573 e. The van der Waals surface area contributed by atoms with Gasteiger partial charge in [-0.1, -0.05) is 30.9 Å². The molecule has 136 valence electrons. The van der Waals surface area contributed by atoms with E-state index in [1.165, 1.54) is 24.3 Å². The summed E-state index contributed by atoms with van der Waals surface area (Å²) in [4.78, 5) is 0. The highest BCUT2D eigenvalue weighted by molar-refractivity contribution is 5.62. The number of alkyl halides is 3. The summed E-state index contributed by atoms with van der Waals surface area (Å²) < 4.78 is 67.4. The van der Waals surface area contributed by atoms with E-state index >= 15 is 0 Å².